The van der Waals surface area contributed by atoms with Gasteiger partial charge in [0.05, 0.1) is 9.82 Å². The van der Waals surface area contributed by atoms with E-state index in [2.05, 4.69) is 10.2 Å². The molecule has 0 radical (unpaired) electrons. The van der Waals surface area contributed by atoms with Gasteiger partial charge in [0.15, 0.2) is 5.16 Å². The van der Waals surface area contributed by atoms with Crippen molar-refractivity contribution in [1.82, 2.24) is 14.8 Å². The molecule has 8 nitrogen and oxygen atoms in total. The minimum absolute atomic E-state index is 0.124. The highest BCUT2D eigenvalue weighted by molar-refractivity contribution is 7.99. The SMILES string of the molecule is Cn1cnnc1Sc1ccc(C(=O)N2CCc3ccccc32)cc1[N+](=O)[O-]. The van der Waals surface area contributed by atoms with Crippen LogP contribution in [0.25, 0.3) is 0 Å². The maximum absolute atomic E-state index is 12.9. The van der Waals surface area contributed by atoms with Gasteiger partial charge in [-0.15, -0.1) is 10.2 Å². The van der Waals surface area contributed by atoms with Crippen molar-refractivity contribution in [3.63, 3.8) is 0 Å². The Kier molecular flexibility index (Phi) is 4.36. The molecule has 2 aromatic carbocycles. The lowest BCUT2D eigenvalue weighted by molar-refractivity contribution is -0.387. The molecule has 1 aliphatic rings. The van der Waals surface area contributed by atoms with Crippen LogP contribution in [-0.4, -0.2) is 32.1 Å². The van der Waals surface area contributed by atoms with Crippen LogP contribution < -0.4 is 4.90 Å². The summed E-state index contributed by atoms with van der Waals surface area (Å²) in [6.07, 6.45) is 2.31. The Morgan fingerprint density at radius 3 is 2.81 bits per heavy atom. The number of nitro benzene ring substituents is 1. The van der Waals surface area contributed by atoms with E-state index in [9.17, 15) is 14.9 Å². The Morgan fingerprint density at radius 2 is 2.07 bits per heavy atom. The van der Waals surface area contributed by atoms with Crippen molar-refractivity contribution in [2.24, 2.45) is 7.05 Å². The van der Waals surface area contributed by atoms with E-state index in [1.165, 1.54) is 12.4 Å². The molecule has 0 bridgehead atoms. The van der Waals surface area contributed by atoms with Crippen LogP contribution in [-0.2, 0) is 13.5 Å². The zero-order chi connectivity index (χ0) is 19.0. The standard InChI is InChI=1S/C18H15N5O3S/c1-21-11-19-20-18(21)27-16-7-6-13(10-15(16)23(25)26)17(24)22-9-8-12-4-2-3-5-14(12)22/h2-7,10-11H,8-9H2,1H3. The molecule has 3 aromatic rings. The highest BCUT2D eigenvalue weighted by Crippen LogP contribution is 2.35. The van der Waals surface area contributed by atoms with Gasteiger partial charge in [-0.05, 0) is 41.9 Å². The largest absolute Gasteiger partial charge is 0.311 e. The number of rotatable bonds is 4. The second-order valence-corrected chi connectivity index (χ2v) is 7.11. The summed E-state index contributed by atoms with van der Waals surface area (Å²) < 4.78 is 1.68. The van der Waals surface area contributed by atoms with E-state index in [1.54, 1.807) is 28.6 Å². The zero-order valence-corrected chi connectivity index (χ0v) is 15.2. The van der Waals surface area contributed by atoms with Crippen molar-refractivity contribution < 1.29 is 9.72 Å². The number of nitro groups is 1. The number of para-hydroxylation sites is 1. The van der Waals surface area contributed by atoms with Crippen LogP contribution in [0.5, 0.6) is 0 Å². The lowest BCUT2D eigenvalue weighted by atomic mass is 10.1. The number of hydrogen-bond acceptors (Lipinski definition) is 6. The number of fused-ring (bicyclic) bond motifs is 1. The minimum Gasteiger partial charge on any atom is -0.311 e. The molecule has 27 heavy (non-hydrogen) atoms. The second kappa shape index (κ2) is 6.84. The number of carbonyl (C=O) groups is 1. The van der Waals surface area contributed by atoms with Crippen molar-refractivity contribution >= 4 is 29.0 Å². The van der Waals surface area contributed by atoms with Crippen molar-refractivity contribution in [2.45, 2.75) is 16.5 Å². The first-order valence-corrected chi connectivity index (χ1v) is 9.06. The number of amides is 1. The Hall–Kier alpha value is -3.20. The highest BCUT2D eigenvalue weighted by Gasteiger charge is 2.27. The monoisotopic (exact) mass is 381 g/mol. The first-order valence-electron chi connectivity index (χ1n) is 8.24. The van der Waals surface area contributed by atoms with Crippen LogP contribution in [0.3, 0.4) is 0 Å². The summed E-state index contributed by atoms with van der Waals surface area (Å²) in [7, 11) is 1.76. The summed E-state index contributed by atoms with van der Waals surface area (Å²) >= 11 is 1.14. The Bertz CT molecular complexity index is 1050. The van der Waals surface area contributed by atoms with Gasteiger partial charge < -0.3 is 9.47 Å². The summed E-state index contributed by atoms with van der Waals surface area (Å²) in [5, 5.41) is 19.8. The van der Waals surface area contributed by atoms with Crippen molar-refractivity contribution in [1.29, 1.82) is 0 Å². The fourth-order valence-corrected chi connectivity index (χ4v) is 3.90. The fourth-order valence-electron chi connectivity index (χ4n) is 3.05. The zero-order valence-electron chi connectivity index (χ0n) is 14.4. The van der Waals surface area contributed by atoms with Crippen LogP contribution >= 0.6 is 11.8 Å². The predicted octanol–water partition coefficient (Wildman–Crippen LogP) is 3.08. The normalized spacial score (nSPS) is 12.9. The summed E-state index contributed by atoms with van der Waals surface area (Å²) in [6, 6.07) is 12.3. The van der Waals surface area contributed by atoms with Gasteiger partial charge in [-0.25, -0.2) is 0 Å². The van der Waals surface area contributed by atoms with Gasteiger partial charge in [0, 0.05) is 30.9 Å². The van der Waals surface area contributed by atoms with Gasteiger partial charge in [-0.1, -0.05) is 18.2 Å². The summed E-state index contributed by atoms with van der Waals surface area (Å²) in [6.45, 7) is 0.571. The molecule has 0 saturated heterocycles. The van der Waals surface area contributed by atoms with E-state index in [1.807, 2.05) is 24.3 Å². The van der Waals surface area contributed by atoms with Gasteiger partial charge in [0.2, 0.25) is 0 Å². The fraction of sp³-hybridized carbons (Fsp3) is 0.167. The number of carbonyl (C=O) groups excluding carboxylic acids is 1. The molecule has 0 atom stereocenters. The molecule has 1 amide bonds. The number of anilines is 1. The maximum Gasteiger partial charge on any atom is 0.284 e. The third-order valence-corrected chi connectivity index (χ3v) is 5.52. The lowest BCUT2D eigenvalue weighted by Crippen LogP contribution is -2.28. The van der Waals surface area contributed by atoms with Gasteiger partial charge in [0.1, 0.15) is 6.33 Å². The molecule has 1 aromatic heterocycles. The van der Waals surface area contributed by atoms with Gasteiger partial charge in [-0.2, -0.15) is 0 Å². The molecule has 0 aliphatic carbocycles. The van der Waals surface area contributed by atoms with Gasteiger partial charge in [-0.3, -0.25) is 14.9 Å². The molecule has 2 heterocycles. The minimum atomic E-state index is -0.479. The Balaban J connectivity index is 1.66. The highest BCUT2D eigenvalue weighted by atomic mass is 32.2. The number of aromatic nitrogens is 3. The van der Waals surface area contributed by atoms with Crippen LogP contribution in [0.2, 0.25) is 0 Å². The van der Waals surface area contributed by atoms with Gasteiger partial charge >= 0.3 is 0 Å². The molecule has 1 aliphatic heterocycles. The van der Waals surface area contributed by atoms with Crippen LogP contribution in [0.4, 0.5) is 11.4 Å². The Morgan fingerprint density at radius 1 is 1.26 bits per heavy atom. The average Bonchev–Trinajstić information content (AvgIpc) is 3.27. The first kappa shape index (κ1) is 17.2. The average molecular weight is 381 g/mol. The molecule has 0 N–H and O–H groups in total. The molecule has 0 fully saturated rings. The predicted molar refractivity (Wildman–Crippen MR) is 100 cm³/mol. The number of aryl methyl sites for hydroxylation is 1. The smallest absolute Gasteiger partial charge is 0.284 e. The number of nitrogens with zero attached hydrogens (tertiary/aromatic N) is 5. The molecule has 9 heteroatoms. The van der Waals surface area contributed by atoms with Gasteiger partial charge in [0.25, 0.3) is 11.6 Å². The van der Waals surface area contributed by atoms with E-state index in [0.29, 0.717) is 22.2 Å². The molecule has 4 rings (SSSR count). The molecular weight excluding hydrogens is 366 g/mol. The molecule has 0 spiro atoms. The van der Waals surface area contributed by atoms with Crippen molar-refractivity contribution in [2.75, 3.05) is 11.4 Å². The quantitative estimate of drug-likeness (QED) is 0.509. The third kappa shape index (κ3) is 3.17. The lowest BCUT2D eigenvalue weighted by Gasteiger charge is -2.17. The molecular formula is C18H15N5O3S. The van der Waals surface area contributed by atoms with Crippen molar-refractivity contribution in [3.8, 4) is 0 Å². The number of benzene rings is 2. The second-order valence-electron chi connectivity index (χ2n) is 6.10. The van der Waals surface area contributed by atoms with E-state index in [4.69, 9.17) is 0 Å². The summed E-state index contributed by atoms with van der Waals surface area (Å²) in [5.74, 6) is -0.238. The molecule has 0 saturated carbocycles. The van der Waals surface area contributed by atoms with Crippen LogP contribution in [0.1, 0.15) is 15.9 Å². The molecule has 0 unspecified atom stereocenters. The number of hydrogen-bond donors (Lipinski definition) is 0. The topological polar surface area (TPSA) is 94.2 Å². The van der Waals surface area contributed by atoms with E-state index in [-0.39, 0.29) is 11.6 Å². The summed E-state index contributed by atoms with van der Waals surface area (Å²) in [4.78, 5) is 26.1. The third-order valence-electron chi connectivity index (χ3n) is 4.41. The maximum atomic E-state index is 12.9. The summed E-state index contributed by atoms with van der Waals surface area (Å²) in [5.41, 5.74) is 2.14. The van der Waals surface area contributed by atoms with Crippen molar-refractivity contribution in [3.05, 3.63) is 70.0 Å². The first-order chi connectivity index (χ1) is 13.0. The van der Waals surface area contributed by atoms with Crippen LogP contribution in [0.15, 0.2) is 58.8 Å². The Labute approximate surface area is 159 Å². The van der Waals surface area contributed by atoms with Crippen LogP contribution in [0, 0.1) is 10.1 Å². The van der Waals surface area contributed by atoms with E-state index < -0.39 is 4.92 Å². The van der Waals surface area contributed by atoms with E-state index >= 15 is 0 Å². The molecule has 136 valence electrons. The van der Waals surface area contributed by atoms with E-state index in [0.717, 1.165) is 29.4 Å².